The second-order valence-electron chi connectivity index (χ2n) is 9.27. The Morgan fingerprint density at radius 2 is 1.59 bits per heavy atom. The first kappa shape index (κ1) is 30.7. The van der Waals surface area contributed by atoms with E-state index in [1.54, 1.807) is 36.4 Å². The number of rotatable bonds is 15. The topological polar surface area (TPSA) is 95.9 Å². The van der Waals surface area contributed by atoms with Crippen LogP contribution >= 0.6 is 11.3 Å². The number of thiophene rings is 1. The van der Waals surface area contributed by atoms with Crippen LogP contribution < -0.4 is 9.47 Å². The Hall–Kier alpha value is -2.83. The number of hydrogen-bond donors (Lipinski definition) is 1. The molecule has 1 heterocycles. The van der Waals surface area contributed by atoms with Crippen LogP contribution in [0.15, 0.2) is 58.8 Å². The van der Waals surface area contributed by atoms with E-state index in [9.17, 15) is 18.1 Å². The van der Waals surface area contributed by atoms with Crippen molar-refractivity contribution in [3.8, 4) is 40.2 Å². The van der Waals surface area contributed by atoms with Crippen molar-refractivity contribution >= 4 is 21.5 Å². The summed E-state index contributed by atoms with van der Waals surface area (Å²) >= 11 is 1.34. The van der Waals surface area contributed by atoms with Crippen LogP contribution in [-0.4, -0.2) is 24.7 Å². The molecule has 8 heteroatoms. The molecule has 0 aliphatic carbocycles. The summed E-state index contributed by atoms with van der Waals surface area (Å²) in [4.78, 5) is 0.133. The molecule has 6 nitrogen and oxygen atoms in total. The standard InChI is InChI=1S/C31H38O6S2/c1-3-5-6-7-8-9-10-11-12-13-14-28(32)31-27(21-22-38-31)24-15-20-29(30(23-24)39(33,34)35)37-26-18-16-25(17-19-26)36-4-2/h15-23,28,32H,3-12H2,1-2H3,(H,33,34,35)/p-1. The molecule has 0 saturated carbocycles. The summed E-state index contributed by atoms with van der Waals surface area (Å²) in [7, 11) is -4.84. The van der Waals surface area contributed by atoms with Gasteiger partial charge in [0.2, 0.25) is 0 Å². The van der Waals surface area contributed by atoms with Crippen LogP contribution in [0, 0.1) is 11.8 Å². The highest BCUT2D eigenvalue weighted by Crippen LogP contribution is 2.37. The molecule has 0 bridgehead atoms. The molecule has 39 heavy (non-hydrogen) atoms. The molecular weight excluding hydrogens is 532 g/mol. The quantitative estimate of drug-likeness (QED) is 0.113. The van der Waals surface area contributed by atoms with Gasteiger partial charge in [-0.1, -0.05) is 63.9 Å². The van der Waals surface area contributed by atoms with Gasteiger partial charge in [-0.2, -0.15) is 0 Å². The summed E-state index contributed by atoms with van der Waals surface area (Å²) in [6, 6.07) is 12.9. The van der Waals surface area contributed by atoms with E-state index in [0.717, 1.165) is 19.3 Å². The molecule has 2 aromatic carbocycles. The summed E-state index contributed by atoms with van der Waals surface area (Å²) in [5.41, 5.74) is 1.12. The fraction of sp³-hybridized carbons (Fsp3) is 0.419. The molecule has 1 N–H and O–H groups in total. The second-order valence-corrected chi connectivity index (χ2v) is 11.6. The predicted octanol–water partition coefficient (Wildman–Crippen LogP) is 8.08. The minimum atomic E-state index is -4.84. The van der Waals surface area contributed by atoms with Crippen LogP contribution in [0.4, 0.5) is 0 Å². The van der Waals surface area contributed by atoms with Crippen LogP contribution in [0.2, 0.25) is 0 Å². The molecule has 3 rings (SSSR count). The van der Waals surface area contributed by atoms with E-state index in [-0.39, 0.29) is 5.75 Å². The summed E-state index contributed by atoms with van der Waals surface area (Å²) in [5.74, 6) is 6.95. The van der Waals surface area contributed by atoms with Gasteiger partial charge in [-0.05, 0) is 72.3 Å². The molecule has 0 aliphatic heterocycles. The number of benzene rings is 2. The third-order valence-corrected chi connectivity index (χ3v) is 8.05. The zero-order chi connectivity index (χ0) is 28.1. The van der Waals surface area contributed by atoms with Crippen molar-refractivity contribution in [1.29, 1.82) is 0 Å². The summed E-state index contributed by atoms with van der Waals surface area (Å²) in [5, 5.41) is 12.5. The number of aliphatic hydroxyl groups excluding tert-OH is 1. The Labute approximate surface area is 236 Å². The Kier molecular flexibility index (Phi) is 12.3. The maximum Gasteiger partial charge on any atom is 0.149 e. The van der Waals surface area contributed by atoms with E-state index < -0.39 is 21.1 Å². The Bertz CT molecular complexity index is 1330. The molecule has 0 radical (unpaired) electrons. The van der Waals surface area contributed by atoms with Gasteiger partial charge in [0.05, 0.1) is 16.4 Å². The average Bonchev–Trinajstić information content (AvgIpc) is 3.41. The van der Waals surface area contributed by atoms with Gasteiger partial charge in [-0.3, -0.25) is 0 Å². The minimum Gasteiger partial charge on any atom is -0.744 e. The summed E-state index contributed by atoms with van der Waals surface area (Å²) in [6.45, 7) is 4.61. The number of unbranched alkanes of at least 4 members (excludes halogenated alkanes) is 8. The SMILES string of the molecule is CCCCCCCCCCC#CC(O)c1sccc1-c1ccc(Oc2ccc(OCC)cc2)c(S(=O)(=O)[O-])c1. The third-order valence-electron chi connectivity index (χ3n) is 6.22. The van der Waals surface area contributed by atoms with Crippen molar-refractivity contribution in [3.05, 3.63) is 58.8 Å². The molecule has 1 atom stereocenters. The van der Waals surface area contributed by atoms with Crippen LogP contribution in [-0.2, 0) is 10.1 Å². The fourth-order valence-corrected chi connectivity index (χ4v) is 5.68. The van der Waals surface area contributed by atoms with Crippen molar-refractivity contribution in [2.24, 2.45) is 0 Å². The molecule has 1 unspecified atom stereocenters. The van der Waals surface area contributed by atoms with E-state index in [2.05, 4.69) is 18.8 Å². The molecule has 0 amide bonds. The lowest BCUT2D eigenvalue weighted by atomic mass is 10.0. The lowest BCUT2D eigenvalue weighted by molar-refractivity contribution is 0.242. The van der Waals surface area contributed by atoms with E-state index in [1.165, 1.54) is 62.0 Å². The largest absolute Gasteiger partial charge is 0.744 e. The smallest absolute Gasteiger partial charge is 0.149 e. The predicted molar refractivity (Wildman–Crippen MR) is 155 cm³/mol. The van der Waals surface area contributed by atoms with Crippen LogP contribution in [0.1, 0.15) is 82.6 Å². The summed E-state index contributed by atoms with van der Waals surface area (Å²) < 4.78 is 47.5. The van der Waals surface area contributed by atoms with Gasteiger partial charge in [0.15, 0.2) is 0 Å². The first-order valence-corrected chi connectivity index (χ1v) is 15.9. The van der Waals surface area contributed by atoms with Gasteiger partial charge in [0.25, 0.3) is 0 Å². The monoisotopic (exact) mass is 569 g/mol. The number of hydrogen-bond acceptors (Lipinski definition) is 7. The van der Waals surface area contributed by atoms with Gasteiger partial charge in [0, 0.05) is 6.42 Å². The molecule has 0 aliphatic rings. The van der Waals surface area contributed by atoms with Crippen LogP contribution in [0.25, 0.3) is 11.1 Å². The lowest BCUT2D eigenvalue weighted by Crippen LogP contribution is -2.02. The minimum absolute atomic E-state index is 0.0691. The van der Waals surface area contributed by atoms with Crippen molar-refractivity contribution in [2.75, 3.05) is 6.61 Å². The van der Waals surface area contributed by atoms with Crippen molar-refractivity contribution in [2.45, 2.75) is 82.6 Å². The van der Waals surface area contributed by atoms with Gasteiger partial charge < -0.3 is 19.1 Å². The molecule has 0 spiro atoms. The highest BCUT2D eigenvalue weighted by molar-refractivity contribution is 7.85. The van der Waals surface area contributed by atoms with E-state index in [4.69, 9.17) is 9.47 Å². The van der Waals surface area contributed by atoms with Crippen molar-refractivity contribution in [3.63, 3.8) is 0 Å². The lowest BCUT2D eigenvalue weighted by Gasteiger charge is -2.16. The fourth-order valence-electron chi connectivity index (χ4n) is 4.21. The summed E-state index contributed by atoms with van der Waals surface area (Å²) in [6.07, 6.45) is 9.52. The molecule has 1 aromatic heterocycles. The highest BCUT2D eigenvalue weighted by atomic mass is 32.2. The van der Waals surface area contributed by atoms with E-state index >= 15 is 0 Å². The molecular formula is C31H37O6S2-. The first-order valence-electron chi connectivity index (χ1n) is 13.6. The van der Waals surface area contributed by atoms with E-state index in [1.807, 2.05) is 12.3 Å². The Balaban J connectivity index is 1.68. The van der Waals surface area contributed by atoms with Crippen LogP contribution in [0.3, 0.4) is 0 Å². The van der Waals surface area contributed by atoms with Gasteiger partial charge in [0.1, 0.15) is 33.5 Å². The average molecular weight is 570 g/mol. The van der Waals surface area contributed by atoms with E-state index in [0.29, 0.717) is 34.1 Å². The molecule has 210 valence electrons. The normalized spacial score (nSPS) is 12.0. The van der Waals surface area contributed by atoms with Crippen molar-refractivity contribution in [1.82, 2.24) is 0 Å². The zero-order valence-corrected chi connectivity index (χ0v) is 24.3. The Morgan fingerprint density at radius 3 is 2.26 bits per heavy atom. The first-order chi connectivity index (χ1) is 18.8. The van der Waals surface area contributed by atoms with Gasteiger partial charge in [-0.15, -0.1) is 17.3 Å². The second kappa shape index (κ2) is 15.7. The third kappa shape index (κ3) is 9.70. The highest BCUT2D eigenvalue weighted by Gasteiger charge is 2.18. The van der Waals surface area contributed by atoms with Gasteiger partial charge >= 0.3 is 0 Å². The van der Waals surface area contributed by atoms with Crippen molar-refractivity contribution < 1.29 is 27.6 Å². The van der Waals surface area contributed by atoms with Gasteiger partial charge in [-0.25, -0.2) is 8.42 Å². The Morgan fingerprint density at radius 1 is 0.923 bits per heavy atom. The maximum absolute atomic E-state index is 12.1. The zero-order valence-electron chi connectivity index (χ0n) is 22.6. The molecule has 0 fully saturated rings. The molecule has 0 saturated heterocycles. The number of ether oxygens (including phenoxy) is 2. The molecule has 3 aromatic rings. The number of aliphatic hydroxyl groups is 1. The van der Waals surface area contributed by atoms with Crippen LogP contribution in [0.5, 0.6) is 17.2 Å². The maximum atomic E-state index is 12.1.